The Hall–Kier alpha value is -1.74. The van der Waals surface area contributed by atoms with Crippen molar-refractivity contribution in [3.63, 3.8) is 0 Å². The molecule has 0 aliphatic rings. The average Bonchev–Trinajstić information content (AvgIpc) is 2.49. The third-order valence-corrected chi connectivity index (χ3v) is 3.74. The van der Waals surface area contributed by atoms with E-state index in [1.165, 1.54) is 11.8 Å². The number of carbonyl (C=O) groups is 1. The summed E-state index contributed by atoms with van der Waals surface area (Å²) in [4.78, 5) is 14.1. The summed E-state index contributed by atoms with van der Waals surface area (Å²) in [6.45, 7) is 1.94. The van der Waals surface area contributed by atoms with Crippen LogP contribution in [0.4, 0.5) is 11.4 Å². The Labute approximate surface area is 118 Å². The van der Waals surface area contributed by atoms with Gasteiger partial charge in [-0.25, -0.2) is 0 Å². The molecule has 0 amide bonds. The largest absolute Gasteiger partial charge is 0.330 e. The molecule has 2 aromatic rings. The molecule has 0 radical (unpaired) electrons. The number of hydrogen-bond donors (Lipinski definition) is 0. The van der Waals surface area contributed by atoms with Crippen LogP contribution in [0.2, 0.25) is 0 Å². The molecular formula is C16H17NOS. The summed E-state index contributed by atoms with van der Waals surface area (Å²) in [6, 6.07) is 19.8. The molecule has 1 atom stereocenters. The number of anilines is 2. The van der Waals surface area contributed by atoms with E-state index in [0.717, 1.165) is 11.4 Å². The minimum atomic E-state index is -0.195. The van der Waals surface area contributed by atoms with Gasteiger partial charge in [0.25, 0.3) is 0 Å². The van der Waals surface area contributed by atoms with E-state index < -0.39 is 0 Å². The Bertz CT molecular complexity index is 487. The van der Waals surface area contributed by atoms with Gasteiger partial charge >= 0.3 is 0 Å². The second kappa shape index (κ2) is 6.43. The molecule has 0 heterocycles. The zero-order chi connectivity index (χ0) is 13.7. The predicted molar refractivity (Wildman–Crippen MR) is 83.0 cm³/mol. The fraction of sp³-hybridized carbons (Fsp3) is 0.188. The van der Waals surface area contributed by atoms with Crippen LogP contribution in [-0.2, 0) is 4.79 Å². The quantitative estimate of drug-likeness (QED) is 0.835. The predicted octanol–water partition coefficient (Wildman–Crippen LogP) is 4.10. The van der Waals surface area contributed by atoms with Crippen LogP contribution >= 0.6 is 11.8 Å². The minimum absolute atomic E-state index is 0.160. The van der Waals surface area contributed by atoms with E-state index >= 15 is 0 Å². The number of para-hydroxylation sites is 2. The first kappa shape index (κ1) is 13.7. The molecule has 0 bridgehead atoms. The molecule has 2 rings (SSSR count). The van der Waals surface area contributed by atoms with Crippen LogP contribution in [0.3, 0.4) is 0 Å². The van der Waals surface area contributed by atoms with Gasteiger partial charge in [-0.05, 0) is 37.4 Å². The van der Waals surface area contributed by atoms with Gasteiger partial charge in [-0.3, -0.25) is 4.79 Å². The lowest BCUT2D eigenvalue weighted by Crippen LogP contribution is -2.33. The van der Waals surface area contributed by atoms with Crippen molar-refractivity contribution in [1.82, 2.24) is 0 Å². The smallest absolute Gasteiger partial charge is 0.211 e. The molecule has 0 aliphatic carbocycles. The average molecular weight is 271 g/mol. The summed E-state index contributed by atoms with van der Waals surface area (Å²) >= 11 is 1.27. The lowest BCUT2D eigenvalue weighted by atomic mass is 10.2. The van der Waals surface area contributed by atoms with Crippen LogP contribution in [0.25, 0.3) is 0 Å². The maximum atomic E-state index is 12.0. The van der Waals surface area contributed by atoms with Crippen molar-refractivity contribution >= 4 is 28.3 Å². The number of thioether (sulfide) groups is 1. The molecule has 0 spiro atoms. The summed E-state index contributed by atoms with van der Waals surface area (Å²) in [7, 11) is 0. The van der Waals surface area contributed by atoms with Crippen molar-refractivity contribution in [2.75, 3.05) is 11.2 Å². The summed E-state index contributed by atoms with van der Waals surface area (Å²) in [5.41, 5.74) is 2.06. The van der Waals surface area contributed by atoms with Crippen molar-refractivity contribution in [3.05, 3.63) is 60.7 Å². The van der Waals surface area contributed by atoms with Crippen molar-refractivity contribution < 1.29 is 4.79 Å². The van der Waals surface area contributed by atoms with E-state index in [9.17, 15) is 4.79 Å². The summed E-state index contributed by atoms with van der Waals surface area (Å²) in [6.07, 6.45) is 1.83. The SMILES string of the molecule is CSC(=O)C(C)N(c1ccccc1)c1ccccc1. The molecule has 0 saturated carbocycles. The molecule has 3 heteroatoms. The molecule has 1 unspecified atom stereocenters. The van der Waals surface area contributed by atoms with Gasteiger partial charge in [0.15, 0.2) is 0 Å². The Kier molecular flexibility index (Phi) is 4.63. The fourth-order valence-electron chi connectivity index (χ4n) is 2.05. The number of hydrogen-bond acceptors (Lipinski definition) is 3. The van der Waals surface area contributed by atoms with E-state index in [1.54, 1.807) is 0 Å². The van der Waals surface area contributed by atoms with Crippen molar-refractivity contribution in [2.24, 2.45) is 0 Å². The molecular weight excluding hydrogens is 254 g/mol. The number of rotatable bonds is 4. The van der Waals surface area contributed by atoms with Gasteiger partial charge in [0.1, 0.15) is 6.04 Å². The number of carbonyl (C=O) groups excluding carboxylic acids is 1. The highest BCUT2D eigenvalue weighted by Crippen LogP contribution is 2.28. The highest BCUT2D eigenvalue weighted by Gasteiger charge is 2.22. The van der Waals surface area contributed by atoms with Gasteiger partial charge in [0.05, 0.1) is 0 Å². The molecule has 0 fully saturated rings. The van der Waals surface area contributed by atoms with Gasteiger partial charge in [-0.15, -0.1) is 0 Å². The second-order valence-electron chi connectivity index (χ2n) is 4.24. The second-order valence-corrected chi connectivity index (χ2v) is 5.05. The Morgan fingerprint density at radius 2 is 1.37 bits per heavy atom. The van der Waals surface area contributed by atoms with Crippen molar-refractivity contribution in [3.8, 4) is 0 Å². The lowest BCUT2D eigenvalue weighted by molar-refractivity contribution is -0.111. The normalized spacial score (nSPS) is 11.9. The van der Waals surface area contributed by atoms with Crippen LogP contribution in [0.5, 0.6) is 0 Å². The van der Waals surface area contributed by atoms with E-state index in [-0.39, 0.29) is 11.2 Å². The number of nitrogens with zero attached hydrogens (tertiary/aromatic N) is 1. The van der Waals surface area contributed by atoms with Crippen LogP contribution in [0.1, 0.15) is 6.92 Å². The maximum absolute atomic E-state index is 12.0. The third-order valence-electron chi connectivity index (χ3n) is 3.00. The first-order valence-electron chi connectivity index (χ1n) is 6.21. The summed E-state index contributed by atoms with van der Waals surface area (Å²) in [5.74, 6) is 0. The highest BCUT2D eigenvalue weighted by molar-refractivity contribution is 8.13. The van der Waals surface area contributed by atoms with E-state index in [0.29, 0.717) is 0 Å². The van der Waals surface area contributed by atoms with Gasteiger partial charge in [-0.1, -0.05) is 48.2 Å². The van der Waals surface area contributed by atoms with Gasteiger partial charge < -0.3 is 4.90 Å². The molecule has 2 nitrogen and oxygen atoms in total. The Balaban J connectivity index is 2.43. The Morgan fingerprint density at radius 1 is 0.947 bits per heavy atom. The zero-order valence-corrected chi connectivity index (χ0v) is 11.9. The maximum Gasteiger partial charge on any atom is 0.211 e. The molecule has 0 aromatic heterocycles. The van der Waals surface area contributed by atoms with Crippen molar-refractivity contribution in [2.45, 2.75) is 13.0 Å². The van der Waals surface area contributed by atoms with E-state index in [4.69, 9.17) is 0 Å². The van der Waals surface area contributed by atoms with E-state index in [1.807, 2.05) is 73.8 Å². The highest BCUT2D eigenvalue weighted by atomic mass is 32.2. The third kappa shape index (κ3) is 3.18. The minimum Gasteiger partial charge on any atom is -0.330 e. The van der Waals surface area contributed by atoms with Crippen LogP contribution < -0.4 is 4.90 Å². The summed E-state index contributed by atoms with van der Waals surface area (Å²) < 4.78 is 0. The van der Waals surface area contributed by atoms with Crippen LogP contribution in [0.15, 0.2) is 60.7 Å². The zero-order valence-electron chi connectivity index (χ0n) is 11.1. The molecule has 2 aromatic carbocycles. The van der Waals surface area contributed by atoms with Gasteiger partial charge in [-0.2, -0.15) is 0 Å². The number of benzene rings is 2. The molecule has 0 N–H and O–H groups in total. The van der Waals surface area contributed by atoms with Gasteiger partial charge in [0, 0.05) is 11.4 Å². The molecule has 0 saturated heterocycles. The lowest BCUT2D eigenvalue weighted by Gasteiger charge is -2.30. The van der Waals surface area contributed by atoms with Crippen LogP contribution in [-0.4, -0.2) is 17.4 Å². The van der Waals surface area contributed by atoms with E-state index in [2.05, 4.69) is 4.90 Å². The fourth-order valence-corrected chi connectivity index (χ4v) is 2.50. The van der Waals surface area contributed by atoms with Crippen molar-refractivity contribution in [1.29, 1.82) is 0 Å². The molecule has 0 aliphatic heterocycles. The monoisotopic (exact) mass is 271 g/mol. The molecule has 98 valence electrons. The molecule has 19 heavy (non-hydrogen) atoms. The first-order chi connectivity index (χ1) is 9.24. The van der Waals surface area contributed by atoms with Gasteiger partial charge in [0.2, 0.25) is 5.12 Å². The standard InChI is InChI=1S/C16H17NOS/c1-13(16(18)19-2)17(14-9-5-3-6-10-14)15-11-7-4-8-12-15/h3-13H,1-2H3. The Morgan fingerprint density at radius 3 is 1.74 bits per heavy atom. The van der Waals surface area contributed by atoms with Crippen LogP contribution in [0, 0.1) is 0 Å². The first-order valence-corrected chi connectivity index (χ1v) is 7.43. The topological polar surface area (TPSA) is 20.3 Å². The summed E-state index contributed by atoms with van der Waals surface area (Å²) in [5, 5.41) is 0.160.